The van der Waals surface area contributed by atoms with Crippen molar-refractivity contribution in [3.05, 3.63) is 35.9 Å². The van der Waals surface area contributed by atoms with Crippen LogP contribution in [0.5, 0.6) is 0 Å². The molecule has 5 atom stereocenters. The topological polar surface area (TPSA) is 66.4 Å². The van der Waals surface area contributed by atoms with Crippen molar-refractivity contribution in [1.82, 2.24) is 5.32 Å². The van der Waals surface area contributed by atoms with E-state index in [0.29, 0.717) is 5.92 Å². The first-order chi connectivity index (χ1) is 9.65. The summed E-state index contributed by atoms with van der Waals surface area (Å²) in [6.07, 6.45) is 2.82. The Morgan fingerprint density at radius 2 is 2.00 bits per heavy atom. The van der Waals surface area contributed by atoms with Gasteiger partial charge in [-0.3, -0.25) is 14.3 Å². The summed E-state index contributed by atoms with van der Waals surface area (Å²) >= 11 is 0. The molecule has 0 spiro atoms. The third kappa shape index (κ3) is 2.65. The number of rotatable bonds is 2. The summed E-state index contributed by atoms with van der Waals surface area (Å²) in [5.74, 6) is -0.204. The maximum Gasteiger partial charge on any atom is 0.321 e. The predicted molar refractivity (Wildman–Crippen MR) is 78.2 cm³/mol. The van der Waals surface area contributed by atoms with Crippen molar-refractivity contribution in [2.75, 3.05) is 5.75 Å². The minimum absolute atomic E-state index is 0.0876. The molecular formula is C15H19NO3S. The van der Waals surface area contributed by atoms with Gasteiger partial charge in [0.25, 0.3) is 0 Å². The van der Waals surface area contributed by atoms with Gasteiger partial charge in [-0.2, -0.15) is 0 Å². The summed E-state index contributed by atoms with van der Waals surface area (Å²) in [7, 11) is -1.05. The van der Waals surface area contributed by atoms with Gasteiger partial charge in [-0.25, -0.2) is 0 Å². The number of hydrogen-bond acceptors (Lipinski definition) is 3. The van der Waals surface area contributed by atoms with Crippen LogP contribution in [-0.2, 0) is 15.6 Å². The quantitative estimate of drug-likeness (QED) is 0.867. The molecule has 1 aliphatic heterocycles. The summed E-state index contributed by atoms with van der Waals surface area (Å²) in [4.78, 5) is 11.1. The van der Waals surface area contributed by atoms with Crippen molar-refractivity contribution < 1.29 is 14.1 Å². The largest absolute Gasteiger partial charge is 0.480 e. The number of carboxylic acid groups (broad SMARTS) is 1. The number of nitrogens with one attached hydrogen (secondary N) is 1. The minimum atomic E-state index is -1.05. The van der Waals surface area contributed by atoms with Crippen LogP contribution < -0.4 is 5.32 Å². The third-order valence-electron chi connectivity index (χ3n) is 4.44. The van der Waals surface area contributed by atoms with Gasteiger partial charge >= 0.3 is 5.97 Å². The highest BCUT2D eigenvalue weighted by Gasteiger charge is 2.41. The van der Waals surface area contributed by atoms with Gasteiger partial charge < -0.3 is 5.11 Å². The molecule has 5 heteroatoms. The van der Waals surface area contributed by atoms with Gasteiger partial charge in [0.05, 0.1) is 5.25 Å². The Hall–Kier alpha value is -1.20. The second kappa shape index (κ2) is 5.66. The number of carboxylic acids is 1. The summed E-state index contributed by atoms with van der Waals surface area (Å²) in [6, 6.07) is 9.79. The molecule has 1 saturated carbocycles. The van der Waals surface area contributed by atoms with E-state index in [-0.39, 0.29) is 17.0 Å². The lowest BCUT2D eigenvalue weighted by molar-refractivity contribution is -0.139. The van der Waals surface area contributed by atoms with Crippen molar-refractivity contribution in [1.29, 1.82) is 0 Å². The fraction of sp³-hybridized carbons (Fsp3) is 0.533. The van der Waals surface area contributed by atoms with Crippen molar-refractivity contribution in [2.24, 2.45) is 0 Å². The summed E-state index contributed by atoms with van der Waals surface area (Å²) in [5.41, 5.74) is 1.31. The second-order valence-corrected chi connectivity index (χ2v) is 7.37. The lowest BCUT2D eigenvalue weighted by Gasteiger charge is -2.41. The summed E-state index contributed by atoms with van der Waals surface area (Å²) < 4.78 is 12.3. The third-order valence-corrected chi connectivity index (χ3v) is 6.30. The average Bonchev–Trinajstić information content (AvgIpc) is 2.47. The Bertz CT molecular complexity index is 519. The van der Waals surface area contributed by atoms with E-state index in [2.05, 4.69) is 17.4 Å². The molecule has 0 aromatic heterocycles. The number of hydrogen-bond donors (Lipinski definition) is 2. The van der Waals surface area contributed by atoms with Gasteiger partial charge in [-0.1, -0.05) is 30.3 Å². The summed E-state index contributed by atoms with van der Waals surface area (Å²) in [5, 5.41) is 12.3. The first kappa shape index (κ1) is 13.8. The second-order valence-electron chi connectivity index (χ2n) is 5.67. The smallest absolute Gasteiger partial charge is 0.321 e. The zero-order chi connectivity index (χ0) is 14.1. The van der Waals surface area contributed by atoms with Crippen LogP contribution in [0.15, 0.2) is 30.3 Å². The molecule has 2 fully saturated rings. The predicted octanol–water partition coefficient (Wildman–Crippen LogP) is 1.50. The van der Waals surface area contributed by atoms with Crippen LogP contribution in [0.4, 0.5) is 0 Å². The van der Waals surface area contributed by atoms with E-state index in [4.69, 9.17) is 5.11 Å². The van der Waals surface area contributed by atoms with Crippen molar-refractivity contribution in [2.45, 2.75) is 42.5 Å². The van der Waals surface area contributed by atoms with Crippen LogP contribution in [0.2, 0.25) is 0 Å². The van der Waals surface area contributed by atoms with Gasteiger partial charge in [0.15, 0.2) is 0 Å². The minimum Gasteiger partial charge on any atom is -0.480 e. The number of fused-ring (bicyclic) bond motifs is 1. The molecule has 4 nitrogen and oxygen atoms in total. The van der Waals surface area contributed by atoms with E-state index in [1.807, 2.05) is 18.2 Å². The molecule has 2 aliphatic rings. The lowest BCUT2D eigenvalue weighted by atomic mass is 9.81. The molecule has 1 heterocycles. The molecule has 5 unspecified atom stereocenters. The van der Waals surface area contributed by atoms with E-state index in [1.54, 1.807) is 0 Å². The molecule has 1 saturated heterocycles. The highest BCUT2D eigenvalue weighted by Crippen LogP contribution is 2.36. The van der Waals surface area contributed by atoms with Crippen LogP contribution in [-0.4, -0.2) is 38.4 Å². The molecular weight excluding hydrogens is 274 g/mol. The van der Waals surface area contributed by atoms with E-state index in [0.717, 1.165) is 19.3 Å². The standard InChI is InChI=1S/C15H19NO3S/c17-15(18)13-9-20(19)14-8-11(6-7-12(14)16-13)10-4-2-1-3-5-10/h1-5,11-14,16H,6-9H2,(H,17,18). The molecule has 0 radical (unpaired) electrons. The fourth-order valence-electron chi connectivity index (χ4n) is 3.38. The van der Waals surface area contributed by atoms with Crippen molar-refractivity contribution >= 4 is 16.8 Å². The molecule has 108 valence electrons. The zero-order valence-electron chi connectivity index (χ0n) is 11.2. The van der Waals surface area contributed by atoms with E-state index >= 15 is 0 Å². The Morgan fingerprint density at radius 3 is 2.70 bits per heavy atom. The van der Waals surface area contributed by atoms with Crippen LogP contribution in [0.25, 0.3) is 0 Å². The number of aliphatic carboxylic acids is 1. The molecule has 3 rings (SSSR count). The van der Waals surface area contributed by atoms with E-state index < -0.39 is 22.8 Å². The van der Waals surface area contributed by atoms with Crippen molar-refractivity contribution in [3.8, 4) is 0 Å². The first-order valence-electron chi connectivity index (χ1n) is 7.06. The first-order valence-corrected chi connectivity index (χ1v) is 8.44. The maximum absolute atomic E-state index is 12.3. The Morgan fingerprint density at radius 1 is 1.25 bits per heavy atom. The highest BCUT2D eigenvalue weighted by atomic mass is 32.2. The molecule has 1 aromatic rings. The number of carbonyl (C=O) groups is 1. The van der Waals surface area contributed by atoms with Crippen LogP contribution in [0.1, 0.15) is 30.7 Å². The van der Waals surface area contributed by atoms with Gasteiger partial charge in [-0.15, -0.1) is 0 Å². The molecule has 0 amide bonds. The Labute approximate surface area is 121 Å². The van der Waals surface area contributed by atoms with E-state index in [1.165, 1.54) is 5.56 Å². The van der Waals surface area contributed by atoms with Gasteiger partial charge in [0, 0.05) is 22.6 Å². The maximum atomic E-state index is 12.3. The molecule has 2 N–H and O–H groups in total. The Balaban J connectivity index is 1.73. The Kier molecular flexibility index (Phi) is 3.89. The number of benzene rings is 1. The SMILES string of the molecule is O=C(O)C1CS(=O)C2CC(c3ccccc3)CCC2N1. The van der Waals surface area contributed by atoms with E-state index in [9.17, 15) is 9.00 Å². The van der Waals surface area contributed by atoms with Gasteiger partial charge in [0.2, 0.25) is 0 Å². The normalized spacial score (nSPS) is 37.1. The molecule has 20 heavy (non-hydrogen) atoms. The van der Waals surface area contributed by atoms with Crippen LogP contribution >= 0.6 is 0 Å². The average molecular weight is 293 g/mol. The molecule has 1 aliphatic carbocycles. The van der Waals surface area contributed by atoms with Crippen LogP contribution in [0.3, 0.4) is 0 Å². The molecule has 1 aromatic carbocycles. The van der Waals surface area contributed by atoms with Crippen molar-refractivity contribution in [3.63, 3.8) is 0 Å². The lowest BCUT2D eigenvalue weighted by Crippen LogP contribution is -2.59. The summed E-state index contributed by atoms with van der Waals surface area (Å²) in [6.45, 7) is 0. The van der Waals surface area contributed by atoms with Gasteiger partial charge in [-0.05, 0) is 30.7 Å². The molecule has 0 bridgehead atoms. The highest BCUT2D eigenvalue weighted by molar-refractivity contribution is 7.85. The fourth-order valence-corrected chi connectivity index (χ4v) is 5.22. The van der Waals surface area contributed by atoms with Gasteiger partial charge in [0.1, 0.15) is 6.04 Å². The monoisotopic (exact) mass is 293 g/mol. The van der Waals surface area contributed by atoms with Crippen LogP contribution in [0, 0.1) is 0 Å². The zero-order valence-corrected chi connectivity index (χ0v) is 12.0.